The van der Waals surface area contributed by atoms with E-state index in [0.29, 0.717) is 57.2 Å². The summed E-state index contributed by atoms with van der Waals surface area (Å²) in [5, 5.41) is 0.665. The van der Waals surface area contributed by atoms with Gasteiger partial charge in [-0.2, -0.15) is 0 Å². The van der Waals surface area contributed by atoms with Gasteiger partial charge in [-0.1, -0.05) is 23.7 Å². The van der Waals surface area contributed by atoms with Crippen LogP contribution in [0.25, 0.3) is 0 Å². The molecule has 0 aromatic heterocycles. The van der Waals surface area contributed by atoms with Crippen molar-refractivity contribution in [3.05, 3.63) is 58.6 Å². The van der Waals surface area contributed by atoms with Gasteiger partial charge < -0.3 is 19.1 Å². The molecule has 0 bridgehead atoms. The second-order valence-corrected chi connectivity index (χ2v) is 8.19. The predicted molar refractivity (Wildman–Crippen MR) is 117 cm³/mol. The van der Waals surface area contributed by atoms with Crippen LogP contribution in [0.2, 0.25) is 5.02 Å². The summed E-state index contributed by atoms with van der Waals surface area (Å²) < 4.78 is 17.4. The van der Waals surface area contributed by atoms with E-state index in [0.717, 1.165) is 29.0 Å². The van der Waals surface area contributed by atoms with Crippen LogP contribution < -0.4 is 9.47 Å². The maximum absolute atomic E-state index is 12.6. The van der Waals surface area contributed by atoms with E-state index in [1.54, 1.807) is 12.1 Å². The van der Waals surface area contributed by atoms with Crippen LogP contribution in [0.3, 0.4) is 0 Å². The number of nitrogens with zero attached hydrogens (tertiary/aromatic N) is 1. The summed E-state index contributed by atoms with van der Waals surface area (Å²) >= 11 is 5.86. The largest absolute Gasteiger partial charge is 0.494 e. The van der Waals surface area contributed by atoms with Gasteiger partial charge in [0, 0.05) is 35.5 Å². The second-order valence-electron chi connectivity index (χ2n) is 7.75. The molecule has 1 amide bonds. The lowest BCUT2D eigenvalue weighted by atomic mass is 10.1. The molecule has 2 aromatic carbocycles. The summed E-state index contributed by atoms with van der Waals surface area (Å²) in [4.78, 5) is 26.3. The summed E-state index contributed by atoms with van der Waals surface area (Å²) in [5.74, 6) is 1.76. The molecule has 0 radical (unpaired) electrons. The summed E-state index contributed by atoms with van der Waals surface area (Å²) in [6.07, 6.45) is 2.15. The number of rotatable bonds is 8. The number of carbonyl (C=O) groups excluding carboxylic acids is 2. The van der Waals surface area contributed by atoms with Gasteiger partial charge in [0.2, 0.25) is 5.91 Å². The molecule has 7 heteroatoms. The van der Waals surface area contributed by atoms with E-state index >= 15 is 0 Å². The molecule has 1 aliphatic heterocycles. The van der Waals surface area contributed by atoms with Crippen molar-refractivity contribution in [2.75, 3.05) is 32.9 Å². The molecule has 1 atom stereocenters. The zero-order valence-electron chi connectivity index (χ0n) is 17.3. The van der Waals surface area contributed by atoms with E-state index in [1.165, 1.54) is 0 Å². The fraction of sp³-hybridized carbons (Fsp3) is 0.417. The number of morpholine rings is 1. The van der Waals surface area contributed by atoms with Crippen molar-refractivity contribution in [1.29, 1.82) is 0 Å². The number of carbonyl (C=O) groups is 2. The Morgan fingerprint density at radius 3 is 2.81 bits per heavy atom. The number of Topliss-reactive ketones (excluding diaryl/α,β-unsaturated/α-hetero) is 1. The van der Waals surface area contributed by atoms with E-state index < -0.39 is 0 Å². The molecule has 1 aliphatic carbocycles. The Balaban J connectivity index is 1.21. The molecule has 0 N–H and O–H groups in total. The molecule has 1 saturated heterocycles. The Labute approximate surface area is 187 Å². The maximum atomic E-state index is 12.6. The molecule has 1 heterocycles. The zero-order valence-corrected chi connectivity index (χ0v) is 18.1. The number of fused-ring (bicyclic) bond motifs is 1. The van der Waals surface area contributed by atoms with E-state index in [1.807, 2.05) is 35.2 Å². The van der Waals surface area contributed by atoms with Gasteiger partial charge in [-0.15, -0.1) is 0 Å². The first-order valence-electron chi connectivity index (χ1n) is 10.7. The number of benzene rings is 2. The van der Waals surface area contributed by atoms with Gasteiger partial charge in [0.15, 0.2) is 5.78 Å². The van der Waals surface area contributed by atoms with Gasteiger partial charge in [0.25, 0.3) is 0 Å². The van der Waals surface area contributed by atoms with Crippen LogP contribution in [0.5, 0.6) is 11.5 Å². The fourth-order valence-electron chi connectivity index (χ4n) is 3.92. The number of amides is 1. The minimum Gasteiger partial charge on any atom is -0.494 e. The number of hydrogen-bond donors (Lipinski definition) is 0. The standard InChI is InChI=1S/C24H26ClNO5/c25-17-6-8-18(9-7-17)29-13-2-5-24(28)26-12-14-30-19(15-26)16-31-23-4-1-3-20-21(23)10-11-22(20)27/h1,3-4,6-9,19H,2,5,10-16H2. The normalized spacial score (nSPS) is 18.0. The van der Waals surface area contributed by atoms with Gasteiger partial charge in [0.05, 0.1) is 19.8 Å². The average Bonchev–Trinajstić information content (AvgIpc) is 3.18. The topological polar surface area (TPSA) is 65.1 Å². The zero-order chi connectivity index (χ0) is 21.6. The average molecular weight is 444 g/mol. The molecule has 0 spiro atoms. The van der Waals surface area contributed by atoms with E-state index in [2.05, 4.69) is 0 Å². The monoisotopic (exact) mass is 443 g/mol. The van der Waals surface area contributed by atoms with Crippen molar-refractivity contribution < 1.29 is 23.8 Å². The van der Waals surface area contributed by atoms with Crippen molar-refractivity contribution in [3.63, 3.8) is 0 Å². The molecule has 2 aliphatic rings. The Morgan fingerprint density at radius 2 is 1.97 bits per heavy atom. The lowest BCUT2D eigenvalue weighted by molar-refractivity contribution is -0.140. The lowest BCUT2D eigenvalue weighted by Crippen LogP contribution is -2.47. The third-order valence-electron chi connectivity index (χ3n) is 5.57. The van der Waals surface area contributed by atoms with E-state index in [-0.39, 0.29) is 17.8 Å². The summed E-state index contributed by atoms with van der Waals surface area (Å²) in [7, 11) is 0. The molecule has 4 rings (SSSR count). The Morgan fingerprint density at radius 1 is 1.13 bits per heavy atom. The van der Waals surface area contributed by atoms with Crippen LogP contribution in [0, 0.1) is 0 Å². The third kappa shape index (κ3) is 5.57. The highest BCUT2D eigenvalue weighted by Gasteiger charge is 2.26. The van der Waals surface area contributed by atoms with Crippen LogP contribution in [0.1, 0.15) is 35.2 Å². The van der Waals surface area contributed by atoms with Crippen LogP contribution in [0.15, 0.2) is 42.5 Å². The van der Waals surface area contributed by atoms with Crippen molar-refractivity contribution in [3.8, 4) is 11.5 Å². The van der Waals surface area contributed by atoms with Gasteiger partial charge in [-0.3, -0.25) is 9.59 Å². The lowest BCUT2D eigenvalue weighted by Gasteiger charge is -2.33. The smallest absolute Gasteiger partial charge is 0.222 e. The first-order valence-corrected chi connectivity index (χ1v) is 11.0. The molecule has 0 saturated carbocycles. The molecular formula is C24H26ClNO5. The molecule has 164 valence electrons. The van der Waals surface area contributed by atoms with Crippen molar-refractivity contribution in [2.45, 2.75) is 31.8 Å². The Kier molecular flexibility index (Phi) is 7.10. The minimum absolute atomic E-state index is 0.0965. The highest BCUT2D eigenvalue weighted by molar-refractivity contribution is 6.30. The maximum Gasteiger partial charge on any atom is 0.222 e. The molecular weight excluding hydrogens is 418 g/mol. The quantitative estimate of drug-likeness (QED) is 0.578. The minimum atomic E-state index is -0.184. The van der Waals surface area contributed by atoms with Crippen LogP contribution in [-0.4, -0.2) is 55.6 Å². The predicted octanol–water partition coefficient (Wildman–Crippen LogP) is 3.93. The summed E-state index contributed by atoms with van der Waals surface area (Å²) in [5.41, 5.74) is 1.75. The molecule has 1 fully saturated rings. The van der Waals surface area contributed by atoms with Gasteiger partial charge >= 0.3 is 0 Å². The molecule has 31 heavy (non-hydrogen) atoms. The molecule has 1 unspecified atom stereocenters. The van der Waals surface area contributed by atoms with E-state index in [9.17, 15) is 9.59 Å². The number of ether oxygens (including phenoxy) is 3. The summed E-state index contributed by atoms with van der Waals surface area (Å²) in [6, 6.07) is 12.8. The van der Waals surface area contributed by atoms with Crippen LogP contribution >= 0.6 is 11.6 Å². The first kappa shape index (κ1) is 21.7. The van der Waals surface area contributed by atoms with Crippen LogP contribution in [0.4, 0.5) is 0 Å². The van der Waals surface area contributed by atoms with Crippen molar-refractivity contribution >= 4 is 23.3 Å². The van der Waals surface area contributed by atoms with Gasteiger partial charge in [-0.25, -0.2) is 0 Å². The summed E-state index contributed by atoms with van der Waals surface area (Å²) in [6.45, 7) is 2.41. The Hall–Kier alpha value is -2.57. The molecule has 2 aromatic rings. The number of ketones is 1. The first-order chi connectivity index (χ1) is 15.1. The van der Waals surface area contributed by atoms with Crippen molar-refractivity contribution in [1.82, 2.24) is 4.90 Å². The van der Waals surface area contributed by atoms with Gasteiger partial charge in [0.1, 0.15) is 24.2 Å². The highest BCUT2D eigenvalue weighted by atomic mass is 35.5. The SMILES string of the molecule is O=C1CCc2c(OCC3CN(C(=O)CCCOc4ccc(Cl)cc4)CCO3)cccc21. The molecule has 6 nitrogen and oxygen atoms in total. The van der Waals surface area contributed by atoms with Crippen LogP contribution in [-0.2, 0) is 16.0 Å². The highest BCUT2D eigenvalue weighted by Crippen LogP contribution is 2.30. The van der Waals surface area contributed by atoms with E-state index in [4.69, 9.17) is 25.8 Å². The number of hydrogen-bond acceptors (Lipinski definition) is 5. The Bertz CT molecular complexity index is 930. The fourth-order valence-corrected chi connectivity index (χ4v) is 4.05. The van der Waals surface area contributed by atoms with Crippen molar-refractivity contribution in [2.24, 2.45) is 0 Å². The third-order valence-corrected chi connectivity index (χ3v) is 5.82. The number of halogens is 1. The van der Waals surface area contributed by atoms with Gasteiger partial charge in [-0.05, 0) is 43.2 Å². The second kappa shape index (κ2) is 10.2.